The van der Waals surface area contributed by atoms with Gasteiger partial charge in [0.25, 0.3) is 5.92 Å². The van der Waals surface area contributed by atoms with Gasteiger partial charge < -0.3 is 0 Å². The largest absolute Gasteiger partial charge is 0.271 e. The second-order valence-corrected chi connectivity index (χ2v) is 5.62. The van der Waals surface area contributed by atoms with Crippen LogP contribution in [0.5, 0.6) is 0 Å². The molecule has 0 aliphatic rings. The van der Waals surface area contributed by atoms with Crippen molar-refractivity contribution in [2.75, 3.05) is 0 Å². The zero-order chi connectivity index (χ0) is 15.9. The van der Waals surface area contributed by atoms with E-state index in [1.165, 1.54) is 12.1 Å². The molecule has 0 atom stereocenters. The van der Waals surface area contributed by atoms with Crippen LogP contribution in [0.4, 0.5) is 13.2 Å². The minimum atomic E-state index is -3.10. The molecular weight excluding hydrogens is 285 g/mol. The summed E-state index contributed by atoms with van der Waals surface area (Å²) in [4.78, 5) is 0. The third kappa shape index (κ3) is 2.59. The first-order chi connectivity index (χ1) is 10.4. The molecule has 0 heterocycles. The third-order valence-electron chi connectivity index (χ3n) is 3.75. The van der Waals surface area contributed by atoms with E-state index in [4.69, 9.17) is 0 Å². The summed E-state index contributed by atoms with van der Waals surface area (Å²) in [7, 11) is 0. The summed E-state index contributed by atoms with van der Waals surface area (Å²) in [6.07, 6.45) is 0. The Hall–Kier alpha value is -2.29. The fraction of sp³-hybridized carbons (Fsp3) is 0.158. The molecule has 0 aromatic heterocycles. The number of aryl methyl sites for hydroxylation is 1. The minimum Gasteiger partial charge on any atom is -0.206 e. The van der Waals surface area contributed by atoms with Gasteiger partial charge in [-0.15, -0.1) is 0 Å². The molecule has 0 amide bonds. The number of hydrogen-bond donors (Lipinski definition) is 0. The van der Waals surface area contributed by atoms with E-state index in [0.29, 0.717) is 11.1 Å². The number of halogens is 3. The van der Waals surface area contributed by atoms with Crippen molar-refractivity contribution in [3.63, 3.8) is 0 Å². The Morgan fingerprint density at radius 3 is 2.23 bits per heavy atom. The Morgan fingerprint density at radius 1 is 0.864 bits per heavy atom. The van der Waals surface area contributed by atoms with Crippen molar-refractivity contribution in [1.29, 1.82) is 0 Å². The predicted molar refractivity (Wildman–Crippen MR) is 83.6 cm³/mol. The van der Waals surface area contributed by atoms with Gasteiger partial charge >= 0.3 is 0 Å². The molecule has 112 valence electrons. The van der Waals surface area contributed by atoms with Crippen LogP contribution in [-0.2, 0) is 5.92 Å². The molecule has 0 aliphatic carbocycles. The Morgan fingerprint density at radius 2 is 1.55 bits per heavy atom. The van der Waals surface area contributed by atoms with Crippen LogP contribution < -0.4 is 0 Å². The molecule has 0 radical (unpaired) electrons. The average Bonchev–Trinajstić information content (AvgIpc) is 2.45. The van der Waals surface area contributed by atoms with E-state index in [0.717, 1.165) is 17.7 Å². The molecule has 3 aromatic rings. The second kappa shape index (κ2) is 5.16. The fourth-order valence-electron chi connectivity index (χ4n) is 2.73. The van der Waals surface area contributed by atoms with Crippen LogP contribution in [0.2, 0.25) is 0 Å². The lowest BCUT2D eigenvalue weighted by molar-refractivity contribution is 0.0177. The van der Waals surface area contributed by atoms with Gasteiger partial charge in [0.2, 0.25) is 0 Å². The Balaban J connectivity index is 2.30. The molecule has 0 saturated carbocycles. The van der Waals surface area contributed by atoms with Crippen molar-refractivity contribution in [2.45, 2.75) is 19.8 Å². The van der Waals surface area contributed by atoms with Crippen molar-refractivity contribution < 1.29 is 13.2 Å². The van der Waals surface area contributed by atoms with Gasteiger partial charge in [-0.25, -0.2) is 13.2 Å². The van der Waals surface area contributed by atoms with Gasteiger partial charge in [0.05, 0.1) is 0 Å². The first-order valence-electron chi connectivity index (χ1n) is 7.04. The van der Waals surface area contributed by atoms with E-state index in [1.807, 2.05) is 30.3 Å². The first-order valence-corrected chi connectivity index (χ1v) is 7.04. The maximum Gasteiger partial charge on any atom is 0.271 e. The number of rotatable bonds is 2. The third-order valence-corrected chi connectivity index (χ3v) is 3.75. The van der Waals surface area contributed by atoms with Crippen LogP contribution in [0.15, 0.2) is 54.6 Å². The van der Waals surface area contributed by atoms with Gasteiger partial charge in [-0.05, 0) is 47.0 Å². The highest BCUT2D eigenvalue weighted by Gasteiger charge is 2.30. The summed E-state index contributed by atoms with van der Waals surface area (Å²) in [6.45, 7) is 2.41. The van der Waals surface area contributed by atoms with Crippen LogP contribution in [0.1, 0.15) is 18.1 Å². The average molecular weight is 300 g/mol. The van der Waals surface area contributed by atoms with Crippen molar-refractivity contribution in [3.8, 4) is 11.1 Å². The lowest BCUT2D eigenvalue weighted by Crippen LogP contribution is -2.11. The molecule has 0 nitrogen and oxygen atoms in total. The number of hydrogen-bond acceptors (Lipinski definition) is 0. The van der Waals surface area contributed by atoms with Crippen LogP contribution in [0, 0.1) is 12.7 Å². The van der Waals surface area contributed by atoms with E-state index >= 15 is 0 Å². The standard InChI is InChI=1S/C19H15F3/c1-12-9-16(19(2,21)22)18(17(20)10-12)15-8-7-13-5-3-4-6-14(13)11-15/h3-11H,1-2H3. The van der Waals surface area contributed by atoms with Crippen molar-refractivity contribution in [1.82, 2.24) is 0 Å². The molecule has 3 rings (SSSR count). The van der Waals surface area contributed by atoms with Crippen LogP contribution in [-0.4, -0.2) is 0 Å². The fourth-order valence-corrected chi connectivity index (χ4v) is 2.73. The van der Waals surface area contributed by atoms with E-state index in [1.54, 1.807) is 19.1 Å². The Kier molecular flexibility index (Phi) is 3.44. The van der Waals surface area contributed by atoms with Crippen molar-refractivity contribution in [3.05, 3.63) is 71.5 Å². The van der Waals surface area contributed by atoms with Gasteiger partial charge in [-0.3, -0.25) is 0 Å². The molecule has 0 unspecified atom stereocenters. The summed E-state index contributed by atoms with van der Waals surface area (Å²) in [6, 6.07) is 15.5. The summed E-state index contributed by atoms with van der Waals surface area (Å²) in [5.41, 5.74) is 0.649. The number of alkyl halides is 2. The quantitative estimate of drug-likeness (QED) is 0.539. The number of benzene rings is 3. The molecule has 0 saturated heterocycles. The highest BCUT2D eigenvalue weighted by atomic mass is 19.3. The molecule has 0 N–H and O–H groups in total. The number of fused-ring (bicyclic) bond motifs is 1. The van der Waals surface area contributed by atoms with Crippen LogP contribution >= 0.6 is 0 Å². The lowest BCUT2D eigenvalue weighted by atomic mass is 9.92. The summed E-state index contributed by atoms with van der Waals surface area (Å²) >= 11 is 0. The topological polar surface area (TPSA) is 0 Å². The zero-order valence-corrected chi connectivity index (χ0v) is 12.3. The van der Waals surface area contributed by atoms with E-state index in [-0.39, 0.29) is 11.1 Å². The molecule has 0 bridgehead atoms. The van der Waals surface area contributed by atoms with E-state index in [2.05, 4.69) is 0 Å². The summed E-state index contributed by atoms with van der Waals surface area (Å²) in [5, 5.41) is 1.88. The molecule has 0 spiro atoms. The molecule has 0 fully saturated rings. The molecule has 22 heavy (non-hydrogen) atoms. The normalized spacial score (nSPS) is 11.9. The Bertz CT molecular complexity index is 845. The summed E-state index contributed by atoms with van der Waals surface area (Å²) in [5.74, 6) is -3.72. The van der Waals surface area contributed by atoms with Gasteiger partial charge in [0, 0.05) is 18.1 Å². The smallest absolute Gasteiger partial charge is 0.206 e. The van der Waals surface area contributed by atoms with Crippen molar-refractivity contribution in [2.24, 2.45) is 0 Å². The highest BCUT2D eigenvalue weighted by Crippen LogP contribution is 2.38. The van der Waals surface area contributed by atoms with Crippen LogP contribution in [0.3, 0.4) is 0 Å². The summed E-state index contributed by atoms with van der Waals surface area (Å²) < 4.78 is 42.2. The highest BCUT2D eigenvalue weighted by molar-refractivity contribution is 5.88. The van der Waals surface area contributed by atoms with Gasteiger partial charge in [-0.2, -0.15) is 0 Å². The van der Waals surface area contributed by atoms with E-state index < -0.39 is 11.7 Å². The van der Waals surface area contributed by atoms with Crippen molar-refractivity contribution >= 4 is 10.8 Å². The maximum atomic E-state index is 14.4. The molecule has 0 aliphatic heterocycles. The molecule has 3 aromatic carbocycles. The Labute approximate surface area is 127 Å². The lowest BCUT2D eigenvalue weighted by Gasteiger charge is -2.18. The minimum absolute atomic E-state index is 0.0242. The zero-order valence-electron chi connectivity index (χ0n) is 12.3. The molecular formula is C19H15F3. The van der Waals surface area contributed by atoms with Gasteiger partial charge in [-0.1, -0.05) is 36.4 Å². The molecule has 3 heteroatoms. The van der Waals surface area contributed by atoms with Gasteiger partial charge in [0.15, 0.2) is 0 Å². The maximum absolute atomic E-state index is 14.4. The van der Waals surface area contributed by atoms with Crippen LogP contribution in [0.25, 0.3) is 21.9 Å². The van der Waals surface area contributed by atoms with Gasteiger partial charge in [0.1, 0.15) is 5.82 Å². The van der Waals surface area contributed by atoms with E-state index in [9.17, 15) is 13.2 Å². The SMILES string of the molecule is Cc1cc(F)c(-c2ccc3ccccc3c2)c(C(C)(F)F)c1. The second-order valence-electron chi connectivity index (χ2n) is 5.62. The predicted octanol–water partition coefficient (Wildman–Crippen LogP) is 6.07. The monoisotopic (exact) mass is 300 g/mol. The first kappa shape index (κ1) is 14.6.